The molecule has 3 rings (SSSR count). The standard InChI is InChI=1S/C15H26N4S/c1-2-3-15(4-5-16-12-15)13-18-7-9-19(10-8-18)14-17-6-11-20-14/h6,11,16H,2-5,7-10,12-13H2,1H3. The van der Waals surface area contributed by atoms with Crippen LogP contribution < -0.4 is 10.2 Å². The molecule has 1 aromatic heterocycles. The van der Waals surface area contributed by atoms with Crippen molar-refractivity contribution in [2.45, 2.75) is 26.2 Å². The monoisotopic (exact) mass is 294 g/mol. The quantitative estimate of drug-likeness (QED) is 0.900. The molecule has 112 valence electrons. The highest BCUT2D eigenvalue weighted by molar-refractivity contribution is 7.13. The summed E-state index contributed by atoms with van der Waals surface area (Å²) in [5.41, 5.74) is 0.540. The average Bonchev–Trinajstić information content (AvgIpc) is 3.12. The maximum atomic E-state index is 4.43. The molecular weight excluding hydrogens is 268 g/mol. The molecule has 3 heterocycles. The van der Waals surface area contributed by atoms with E-state index >= 15 is 0 Å². The summed E-state index contributed by atoms with van der Waals surface area (Å²) in [5.74, 6) is 0. The Hall–Kier alpha value is -0.650. The van der Waals surface area contributed by atoms with E-state index in [4.69, 9.17) is 0 Å². The maximum absolute atomic E-state index is 4.43. The minimum absolute atomic E-state index is 0.540. The molecule has 1 atom stereocenters. The summed E-state index contributed by atoms with van der Waals surface area (Å²) < 4.78 is 0. The minimum Gasteiger partial charge on any atom is -0.346 e. The highest BCUT2D eigenvalue weighted by Gasteiger charge is 2.35. The summed E-state index contributed by atoms with van der Waals surface area (Å²) in [7, 11) is 0. The molecule has 20 heavy (non-hydrogen) atoms. The molecule has 2 aliphatic heterocycles. The third kappa shape index (κ3) is 3.15. The van der Waals surface area contributed by atoms with Gasteiger partial charge in [0, 0.05) is 50.8 Å². The largest absolute Gasteiger partial charge is 0.346 e. The van der Waals surface area contributed by atoms with Crippen LogP contribution in [0.5, 0.6) is 0 Å². The topological polar surface area (TPSA) is 31.4 Å². The summed E-state index contributed by atoms with van der Waals surface area (Å²) >= 11 is 1.76. The second-order valence-electron chi connectivity index (χ2n) is 6.25. The lowest BCUT2D eigenvalue weighted by Gasteiger charge is -2.40. The number of aromatic nitrogens is 1. The van der Waals surface area contributed by atoms with Gasteiger partial charge in [0.2, 0.25) is 0 Å². The van der Waals surface area contributed by atoms with Gasteiger partial charge in [0.25, 0.3) is 0 Å². The first-order valence-corrected chi connectivity index (χ1v) is 8.77. The number of hydrogen-bond donors (Lipinski definition) is 1. The van der Waals surface area contributed by atoms with Crippen molar-refractivity contribution in [2.75, 3.05) is 50.7 Å². The Balaban J connectivity index is 1.53. The Morgan fingerprint density at radius 3 is 2.80 bits per heavy atom. The molecule has 0 saturated carbocycles. The van der Waals surface area contributed by atoms with E-state index < -0.39 is 0 Å². The second kappa shape index (κ2) is 6.41. The molecule has 0 aromatic carbocycles. The first kappa shape index (κ1) is 14.3. The van der Waals surface area contributed by atoms with Crippen molar-refractivity contribution in [3.63, 3.8) is 0 Å². The number of nitrogens with zero attached hydrogens (tertiary/aromatic N) is 3. The van der Waals surface area contributed by atoms with Crippen molar-refractivity contribution in [3.8, 4) is 0 Å². The Morgan fingerprint density at radius 2 is 2.20 bits per heavy atom. The van der Waals surface area contributed by atoms with Gasteiger partial charge in [-0.25, -0.2) is 4.98 Å². The fraction of sp³-hybridized carbons (Fsp3) is 0.800. The molecule has 0 aliphatic carbocycles. The van der Waals surface area contributed by atoms with E-state index in [1.54, 1.807) is 11.3 Å². The summed E-state index contributed by atoms with van der Waals surface area (Å²) in [6, 6.07) is 0. The minimum atomic E-state index is 0.540. The molecule has 2 fully saturated rings. The zero-order chi connectivity index (χ0) is 13.8. The zero-order valence-corrected chi connectivity index (χ0v) is 13.3. The van der Waals surface area contributed by atoms with Gasteiger partial charge in [-0.15, -0.1) is 11.3 Å². The average molecular weight is 294 g/mol. The molecule has 1 unspecified atom stereocenters. The molecule has 2 saturated heterocycles. The highest BCUT2D eigenvalue weighted by atomic mass is 32.1. The number of hydrogen-bond acceptors (Lipinski definition) is 5. The molecule has 1 N–H and O–H groups in total. The molecule has 2 aliphatic rings. The van der Waals surface area contributed by atoms with Gasteiger partial charge in [-0.3, -0.25) is 4.90 Å². The van der Waals surface area contributed by atoms with Crippen molar-refractivity contribution in [2.24, 2.45) is 5.41 Å². The van der Waals surface area contributed by atoms with Crippen molar-refractivity contribution >= 4 is 16.5 Å². The van der Waals surface area contributed by atoms with Gasteiger partial charge in [0.15, 0.2) is 5.13 Å². The Kier molecular flexibility index (Phi) is 4.58. The molecule has 0 radical (unpaired) electrons. The van der Waals surface area contributed by atoms with Crippen LogP contribution in [0.4, 0.5) is 5.13 Å². The SMILES string of the molecule is CCCC1(CN2CCN(c3nccs3)CC2)CCNC1. The van der Waals surface area contributed by atoms with Crippen LogP contribution in [0.15, 0.2) is 11.6 Å². The van der Waals surface area contributed by atoms with Crippen LogP contribution in [0.2, 0.25) is 0 Å². The van der Waals surface area contributed by atoms with Gasteiger partial charge in [0.1, 0.15) is 0 Å². The lowest BCUT2D eigenvalue weighted by molar-refractivity contribution is 0.146. The van der Waals surface area contributed by atoms with Crippen molar-refractivity contribution in [1.82, 2.24) is 15.2 Å². The van der Waals surface area contributed by atoms with Gasteiger partial charge in [-0.2, -0.15) is 0 Å². The van der Waals surface area contributed by atoms with Crippen molar-refractivity contribution in [1.29, 1.82) is 0 Å². The van der Waals surface area contributed by atoms with Crippen molar-refractivity contribution in [3.05, 3.63) is 11.6 Å². The van der Waals surface area contributed by atoms with E-state index in [-0.39, 0.29) is 0 Å². The number of anilines is 1. The van der Waals surface area contributed by atoms with Crippen LogP contribution >= 0.6 is 11.3 Å². The van der Waals surface area contributed by atoms with Gasteiger partial charge in [-0.1, -0.05) is 13.3 Å². The lowest BCUT2D eigenvalue weighted by atomic mass is 9.82. The first-order chi connectivity index (χ1) is 9.81. The normalized spacial score (nSPS) is 28.1. The number of thiazole rings is 1. The van der Waals surface area contributed by atoms with Gasteiger partial charge in [-0.05, 0) is 24.8 Å². The van der Waals surface area contributed by atoms with Crippen LogP contribution in [0.3, 0.4) is 0 Å². The predicted molar refractivity (Wildman–Crippen MR) is 85.6 cm³/mol. The van der Waals surface area contributed by atoms with Crippen LogP contribution in [-0.2, 0) is 0 Å². The number of rotatable bonds is 5. The third-order valence-corrected chi connectivity index (χ3v) is 5.57. The van der Waals surface area contributed by atoms with Crippen molar-refractivity contribution < 1.29 is 0 Å². The van der Waals surface area contributed by atoms with E-state index in [2.05, 4.69) is 32.4 Å². The van der Waals surface area contributed by atoms with Crippen LogP contribution in [0.25, 0.3) is 0 Å². The van der Waals surface area contributed by atoms with Crippen LogP contribution in [-0.4, -0.2) is 55.7 Å². The van der Waals surface area contributed by atoms with Crippen LogP contribution in [0, 0.1) is 5.41 Å². The van der Waals surface area contributed by atoms with Gasteiger partial charge >= 0.3 is 0 Å². The predicted octanol–water partition coefficient (Wildman–Crippen LogP) is 2.04. The summed E-state index contributed by atoms with van der Waals surface area (Å²) in [6.45, 7) is 10.6. The van der Waals surface area contributed by atoms with E-state index in [9.17, 15) is 0 Å². The number of piperazine rings is 1. The Bertz CT molecular complexity index is 392. The van der Waals surface area contributed by atoms with E-state index in [0.29, 0.717) is 5.41 Å². The molecular formula is C15H26N4S. The molecule has 0 spiro atoms. The number of nitrogens with one attached hydrogen (secondary N) is 1. The summed E-state index contributed by atoms with van der Waals surface area (Å²) in [6.07, 6.45) is 5.94. The molecule has 0 amide bonds. The lowest BCUT2D eigenvalue weighted by Crippen LogP contribution is -2.50. The maximum Gasteiger partial charge on any atom is 0.185 e. The summed E-state index contributed by atoms with van der Waals surface area (Å²) in [5, 5.41) is 6.84. The molecule has 1 aromatic rings. The van der Waals surface area contributed by atoms with Gasteiger partial charge in [0.05, 0.1) is 0 Å². The molecule has 5 heteroatoms. The Morgan fingerprint density at radius 1 is 1.35 bits per heavy atom. The first-order valence-electron chi connectivity index (χ1n) is 7.89. The van der Waals surface area contributed by atoms with Gasteiger partial charge < -0.3 is 10.2 Å². The second-order valence-corrected chi connectivity index (χ2v) is 7.13. The van der Waals surface area contributed by atoms with E-state index in [1.807, 2.05) is 6.20 Å². The summed E-state index contributed by atoms with van der Waals surface area (Å²) in [4.78, 5) is 9.53. The Labute approximate surface area is 126 Å². The smallest absolute Gasteiger partial charge is 0.185 e. The third-order valence-electron chi connectivity index (χ3n) is 4.73. The fourth-order valence-corrected chi connectivity index (χ4v) is 4.39. The fourth-order valence-electron chi connectivity index (χ4n) is 3.70. The van der Waals surface area contributed by atoms with Crippen LogP contribution in [0.1, 0.15) is 26.2 Å². The van der Waals surface area contributed by atoms with E-state index in [1.165, 1.54) is 57.1 Å². The highest BCUT2D eigenvalue weighted by Crippen LogP contribution is 2.32. The molecule has 0 bridgehead atoms. The zero-order valence-electron chi connectivity index (χ0n) is 12.5. The van der Waals surface area contributed by atoms with E-state index in [0.717, 1.165) is 13.1 Å². The molecule has 4 nitrogen and oxygen atoms in total.